The van der Waals surface area contributed by atoms with Gasteiger partial charge >= 0.3 is 6.18 Å². The van der Waals surface area contributed by atoms with E-state index >= 15 is 0 Å². The summed E-state index contributed by atoms with van der Waals surface area (Å²) in [6.07, 6.45) is -6.41. The van der Waals surface area contributed by atoms with E-state index in [1.165, 1.54) is 13.8 Å². The standard InChI is InChI=1S/C7H10F4/c1-4(2)6(3-5(6)8)7(9,10)11/h4-5H,3H2,1-2H3. The van der Waals surface area contributed by atoms with Crippen LogP contribution < -0.4 is 0 Å². The molecular weight excluding hydrogens is 160 g/mol. The molecule has 11 heavy (non-hydrogen) atoms. The Morgan fingerprint density at radius 3 is 1.73 bits per heavy atom. The molecule has 0 bridgehead atoms. The maximum Gasteiger partial charge on any atom is 0.397 e. The van der Waals surface area contributed by atoms with Gasteiger partial charge in [0.25, 0.3) is 0 Å². The lowest BCUT2D eigenvalue weighted by atomic mass is 9.91. The summed E-state index contributed by atoms with van der Waals surface area (Å²) in [5.41, 5.74) is -2.02. The molecule has 0 aromatic carbocycles. The van der Waals surface area contributed by atoms with E-state index in [1.54, 1.807) is 0 Å². The third-order valence-electron chi connectivity index (χ3n) is 2.47. The largest absolute Gasteiger partial charge is 0.397 e. The lowest BCUT2D eigenvalue weighted by molar-refractivity contribution is -0.205. The molecule has 0 nitrogen and oxygen atoms in total. The van der Waals surface area contributed by atoms with Gasteiger partial charge in [0.1, 0.15) is 11.6 Å². The second-order valence-corrected chi connectivity index (χ2v) is 3.36. The highest BCUT2D eigenvalue weighted by Crippen LogP contribution is 2.63. The highest BCUT2D eigenvalue weighted by atomic mass is 19.4. The molecule has 0 aromatic heterocycles. The van der Waals surface area contributed by atoms with Gasteiger partial charge in [0, 0.05) is 0 Å². The Kier molecular flexibility index (Phi) is 1.69. The van der Waals surface area contributed by atoms with Crippen molar-refractivity contribution in [1.29, 1.82) is 0 Å². The second kappa shape index (κ2) is 2.11. The van der Waals surface area contributed by atoms with Crippen molar-refractivity contribution < 1.29 is 17.6 Å². The molecule has 2 unspecified atom stereocenters. The molecule has 0 spiro atoms. The molecule has 1 rings (SSSR count). The molecule has 0 aromatic rings. The maximum absolute atomic E-state index is 12.5. The fourth-order valence-corrected chi connectivity index (χ4v) is 1.46. The van der Waals surface area contributed by atoms with Crippen molar-refractivity contribution in [3.63, 3.8) is 0 Å². The molecule has 4 heteroatoms. The van der Waals surface area contributed by atoms with Crippen molar-refractivity contribution in [2.45, 2.75) is 32.6 Å². The summed E-state index contributed by atoms with van der Waals surface area (Å²) >= 11 is 0. The number of rotatable bonds is 1. The normalized spacial score (nSPS) is 37.9. The van der Waals surface area contributed by atoms with Crippen LogP contribution in [0.3, 0.4) is 0 Å². The quantitative estimate of drug-likeness (QED) is 0.531. The van der Waals surface area contributed by atoms with Crippen LogP contribution in [0.15, 0.2) is 0 Å². The van der Waals surface area contributed by atoms with Gasteiger partial charge in [0.2, 0.25) is 0 Å². The molecule has 0 radical (unpaired) electrons. The van der Waals surface area contributed by atoms with Gasteiger partial charge in [-0.05, 0) is 12.3 Å². The molecular formula is C7H10F4. The van der Waals surface area contributed by atoms with Gasteiger partial charge < -0.3 is 0 Å². The lowest BCUT2D eigenvalue weighted by Gasteiger charge is -2.22. The fraction of sp³-hybridized carbons (Fsp3) is 1.00. The summed E-state index contributed by atoms with van der Waals surface area (Å²) < 4.78 is 48.9. The highest BCUT2D eigenvalue weighted by molar-refractivity contribution is 5.09. The van der Waals surface area contributed by atoms with Gasteiger partial charge in [-0.2, -0.15) is 13.2 Å². The van der Waals surface area contributed by atoms with Crippen LogP contribution in [0.1, 0.15) is 20.3 Å². The van der Waals surface area contributed by atoms with Crippen LogP contribution in [-0.2, 0) is 0 Å². The van der Waals surface area contributed by atoms with Crippen LogP contribution >= 0.6 is 0 Å². The molecule has 1 saturated carbocycles. The summed E-state index contributed by atoms with van der Waals surface area (Å²) in [7, 11) is 0. The topological polar surface area (TPSA) is 0 Å². The predicted molar refractivity (Wildman–Crippen MR) is 32.8 cm³/mol. The third kappa shape index (κ3) is 1.03. The zero-order valence-electron chi connectivity index (χ0n) is 6.37. The number of hydrogen-bond acceptors (Lipinski definition) is 0. The number of alkyl halides is 4. The van der Waals surface area contributed by atoms with Crippen molar-refractivity contribution in [2.24, 2.45) is 11.3 Å². The molecule has 0 amide bonds. The number of halogens is 4. The van der Waals surface area contributed by atoms with Gasteiger partial charge in [0.05, 0.1) is 0 Å². The van der Waals surface area contributed by atoms with Crippen LogP contribution in [0.4, 0.5) is 17.6 Å². The Morgan fingerprint density at radius 1 is 1.36 bits per heavy atom. The number of hydrogen-bond donors (Lipinski definition) is 0. The van der Waals surface area contributed by atoms with E-state index in [4.69, 9.17) is 0 Å². The van der Waals surface area contributed by atoms with E-state index in [-0.39, 0.29) is 6.42 Å². The molecule has 66 valence electrons. The lowest BCUT2D eigenvalue weighted by Crippen LogP contribution is -2.32. The summed E-state index contributed by atoms with van der Waals surface area (Å²) in [4.78, 5) is 0. The summed E-state index contributed by atoms with van der Waals surface area (Å²) in [6.45, 7) is 2.82. The van der Waals surface area contributed by atoms with Crippen LogP contribution in [0.5, 0.6) is 0 Å². The molecule has 0 N–H and O–H groups in total. The van der Waals surface area contributed by atoms with Gasteiger partial charge in [-0.3, -0.25) is 0 Å². The maximum atomic E-state index is 12.5. The smallest absolute Gasteiger partial charge is 0.246 e. The van der Waals surface area contributed by atoms with Crippen molar-refractivity contribution in [3.05, 3.63) is 0 Å². The van der Waals surface area contributed by atoms with Crippen LogP contribution in [0.2, 0.25) is 0 Å². The van der Waals surface area contributed by atoms with E-state index in [9.17, 15) is 17.6 Å². The first-order valence-electron chi connectivity index (χ1n) is 3.53. The molecule has 0 aliphatic heterocycles. The van der Waals surface area contributed by atoms with Gasteiger partial charge in [-0.25, -0.2) is 4.39 Å². The molecule has 1 aliphatic carbocycles. The van der Waals surface area contributed by atoms with Gasteiger partial charge in [-0.1, -0.05) is 13.8 Å². The van der Waals surface area contributed by atoms with Crippen LogP contribution in [-0.4, -0.2) is 12.3 Å². The first kappa shape index (κ1) is 8.81. The van der Waals surface area contributed by atoms with E-state index in [0.29, 0.717) is 0 Å². The summed E-state index contributed by atoms with van der Waals surface area (Å²) in [6, 6.07) is 0. The minimum atomic E-state index is -4.37. The highest BCUT2D eigenvalue weighted by Gasteiger charge is 2.73. The monoisotopic (exact) mass is 170 g/mol. The third-order valence-corrected chi connectivity index (χ3v) is 2.47. The summed E-state index contributed by atoms with van der Waals surface area (Å²) in [5, 5.41) is 0. The molecule has 0 saturated heterocycles. The summed E-state index contributed by atoms with van der Waals surface area (Å²) in [5.74, 6) is -0.655. The minimum absolute atomic E-state index is 0.353. The van der Waals surface area contributed by atoms with Crippen molar-refractivity contribution >= 4 is 0 Å². The van der Waals surface area contributed by atoms with Gasteiger partial charge in [0.15, 0.2) is 0 Å². The molecule has 1 aliphatic rings. The Labute approximate surface area is 62.6 Å². The van der Waals surface area contributed by atoms with E-state index < -0.39 is 23.7 Å². The Balaban J connectivity index is 2.80. The van der Waals surface area contributed by atoms with Crippen LogP contribution in [0, 0.1) is 11.3 Å². The Hall–Kier alpha value is -0.280. The first-order chi connectivity index (χ1) is 4.82. The van der Waals surface area contributed by atoms with Gasteiger partial charge in [-0.15, -0.1) is 0 Å². The Bertz CT molecular complexity index is 160. The van der Waals surface area contributed by atoms with E-state index in [2.05, 4.69) is 0 Å². The van der Waals surface area contributed by atoms with Crippen molar-refractivity contribution in [2.75, 3.05) is 0 Å². The molecule has 1 fully saturated rings. The minimum Gasteiger partial charge on any atom is -0.246 e. The zero-order valence-corrected chi connectivity index (χ0v) is 6.37. The van der Waals surface area contributed by atoms with Crippen LogP contribution in [0.25, 0.3) is 0 Å². The van der Waals surface area contributed by atoms with E-state index in [1.807, 2.05) is 0 Å². The van der Waals surface area contributed by atoms with Crippen molar-refractivity contribution in [3.8, 4) is 0 Å². The second-order valence-electron chi connectivity index (χ2n) is 3.36. The molecule has 2 atom stereocenters. The zero-order chi connectivity index (χ0) is 8.86. The average Bonchev–Trinajstić information content (AvgIpc) is 2.39. The molecule has 0 heterocycles. The Morgan fingerprint density at radius 2 is 1.73 bits per heavy atom. The van der Waals surface area contributed by atoms with E-state index in [0.717, 1.165) is 0 Å². The SMILES string of the molecule is CC(C)C1(C(F)(F)F)CC1F. The predicted octanol–water partition coefficient (Wildman–Crippen LogP) is 2.93. The average molecular weight is 170 g/mol. The first-order valence-corrected chi connectivity index (χ1v) is 3.53. The fourth-order valence-electron chi connectivity index (χ4n) is 1.46. The van der Waals surface area contributed by atoms with Crippen molar-refractivity contribution in [1.82, 2.24) is 0 Å².